The molecule has 0 aliphatic carbocycles. The summed E-state index contributed by atoms with van der Waals surface area (Å²) < 4.78 is 43.7. The van der Waals surface area contributed by atoms with Gasteiger partial charge in [0.15, 0.2) is 17.4 Å². The number of halogens is 4. The Labute approximate surface area is 173 Å². The lowest BCUT2D eigenvalue weighted by molar-refractivity contribution is -0.123. The number of fused-ring (bicyclic) bond motifs is 1. The largest absolute Gasteiger partial charge is 0.503 e. The van der Waals surface area contributed by atoms with Gasteiger partial charge >= 0.3 is 0 Å². The van der Waals surface area contributed by atoms with Gasteiger partial charge in [0.1, 0.15) is 12.5 Å². The van der Waals surface area contributed by atoms with Crippen LogP contribution in [0.3, 0.4) is 0 Å². The summed E-state index contributed by atoms with van der Waals surface area (Å²) in [6.07, 6.45) is 0. The number of nitrogens with one attached hydrogen (secondary N) is 1. The molecule has 0 saturated heterocycles. The van der Waals surface area contributed by atoms with Crippen molar-refractivity contribution in [1.29, 1.82) is 0 Å². The third-order valence-electron chi connectivity index (χ3n) is 4.86. The second kappa shape index (κ2) is 8.00. The van der Waals surface area contributed by atoms with Crippen LogP contribution in [0.4, 0.5) is 13.2 Å². The van der Waals surface area contributed by atoms with Gasteiger partial charge in [-0.05, 0) is 37.6 Å². The summed E-state index contributed by atoms with van der Waals surface area (Å²) in [5.74, 6) is -7.36. The summed E-state index contributed by atoms with van der Waals surface area (Å²) in [5, 5.41) is 20.3. The average Bonchev–Trinajstić information content (AvgIpc) is 2.99. The Balaban J connectivity index is 2.34. The molecule has 0 radical (unpaired) electrons. The van der Waals surface area contributed by atoms with Gasteiger partial charge in [0.05, 0.1) is 16.5 Å². The van der Waals surface area contributed by atoms with Gasteiger partial charge in [-0.25, -0.2) is 13.2 Å². The SMILES string of the molecule is Cc1c([C@@H](C)C(=O)NCO)c2c(F)c(O)c(F)cc2n1C(=O)c1ccc(Cl)c(F)c1. The summed E-state index contributed by atoms with van der Waals surface area (Å²) in [6, 6.07) is 4.04. The zero-order valence-electron chi connectivity index (χ0n) is 15.8. The maximum absolute atomic E-state index is 14.8. The highest BCUT2D eigenvalue weighted by Gasteiger charge is 2.30. The third kappa shape index (κ3) is 3.40. The van der Waals surface area contributed by atoms with Crippen LogP contribution < -0.4 is 5.32 Å². The first-order valence-electron chi connectivity index (χ1n) is 8.70. The van der Waals surface area contributed by atoms with Crippen molar-refractivity contribution in [3.05, 3.63) is 63.6 Å². The number of aliphatic hydroxyl groups excluding tert-OH is 1. The van der Waals surface area contributed by atoms with Crippen LogP contribution in [0, 0.1) is 24.4 Å². The van der Waals surface area contributed by atoms with Crippen molar-refractivity contribution in [3.8, 4) is 5.75 Å². The molecule has 1 amide bonds. The number of aromatic hydroxyl groups is 1. The molecule has 3 rings (SSSR count). The minimum Gasteiger partial charge on any atom is -0.503 e. The third-order valence-corrected chi connectivity index (χ3v) is 5.16. The van der Waals surface area contributed by atoms with Crippen LogP contribution >= 0.6 is 11.6 Å². The molecule has 158 valence electrons. The Kier molecular flexibility index (Phi) is 5.78. The van der Waals surface area contributed by atoms with Crippen molar-refractivity contribution < 1.29 is 33.0 Å². The molecule has 1 aromatic heterocycles. The number of amides is 1. The maximum atomic E-state index is 14.8. The lowest BCUT2D eigenvalue weighted by Gasteiger charge is -2.13. The minimum atomic E-state index is -1.35. The molecule has 0 bridgehead atoms. The first-order chi connectivity index (χ1) is 14.1. The fourth-order valence-electron chi connectivity index (χ4n) is 3.42. The number of hydrogen-bond donors (Lipinski definition) is 3. The molecular weight excluding hydrogens is 425 g/mol. The molecule has 1 heterocycles. The van der Waals surface area contributed by atoms with Gasteiger partial charge in [-0.2, -0.15) is 0 Å². The van der Waals surface area contributed by atoms with E-state index in [4.69, 9.17) is 16.7 Å². The molecule has 0 fully saturated rings. The van der Waals surface area contributed by atoms with Crippen LogP contribution in [-0.4, -0.2) is 33.3 Å². The number of aliphatic hydroxyl groups is 1. The van der Waals surface area contributed by atoms with E-state index in [1.54, 1.807) is 0 Å². The molecule has 0 spiro atoms. The number of aromatic nitrogens is 1. The number of nitrogens with zero attached hydrogens (tertiary/aromatic N) is 1. The van der Waals surface area contributed by atoms with Gasteiger partial charge in [-0.1, -0.05) is 11.6 Å². The number of hydrogen-bond acceptors (Lipinski definition) is 4. The fourth-order valence-corrected chi connectivity index (χ4v) is 3.54. The standard InChI is InChI=1S/C20H16ClF3N2O4/c1-8(19(29)25-7-27)15-9(2)26(14-6-13(23)18(28)17(24)16(14)15)20(30)10-3-4-11(21)12(22)5-10/h3-6,8,27-28H,7H2,1-2H3,(H,25,29)/t8-/m1/s1. The average molecular weight is 441 g/mol. The van der Waals surface area contributed by atoms with E-state index in [1.165, 1.54) is 19.9 Å². The van der Waals surface area contributed by atoms with Crippen molar-refractivity contribution in [1.82, 2.24) is 9.88 Å². The minimum absolute atomic E-state index is 0.00605. The van der Waals surface area contributed by atoms with E-state index in [2.05, 4.69) is 5.32 Å². The van der Waals surface area contributed by atoms with Gasteiger partial charge < -0.3 is 15.5 Å². The van der Waals surface area contributed by atoms with Crippen LogP contribution in [0.25, 0.3) is 10.9 Å². The lowest BCUT2D eigenvalue weighted by Crippen LogP contribution is -2.29. The molecule has 0 saturated carbocycles. The van der Waals surface area contributed by atoms with Crippen molar-refractivity contribution in [3.63, 3.8) is 0 Å². The topological polar surface area (TPSA) is 91.6 Å². The highest BCUT2D eigenvalue weighted by Crippen LogP contribution is 2.38. The molecular formula is C20H16ClF3N2O4. The molecule has 2 aromatic carbocycles. The second-order valence-electron chi connectivity index (χ2n) is 6.60. The van der Waals surface area contributed by atoms with Crippen LogP contribution in [0.15, 0.2) is 24.3 Å². The summed E-state index contributed by atoms with van der Waals surface area (Å²) in [7, 11) is 0. The Morgan fingerprint density at radius 1 is 1.20 bits per heavy atom. The molecule has 6 nitrogen and oxygen atoms in total. The Bertz CT molecular complexity index is 1190. The summed E-state index contributed by atoms with van der Waals surface area (Å²) in [4.78, 5) is 25.3. The van der Waals surface area contributed by atoms with E-state index in [0.29, 0.717) is 0 Å². The Hall–Kier alpha value is -3.04. The summed E-state index contributed by atoms with van der Waals surface area (Å²) in [5.41, 5.74) is -0.314. The van der Waals surface area contributed by atoms with Gasteiger partial charge in [0, 0.05) is 22.7 Å². The maximum Gasteiger partial charge on any atom is 0.262 e. The predicted octanol–water partition coefficient (Wildman–Crippen LogP) is 3.58. The van der Waals surface area contributed by atoms with Crippen LogP contribution in [-0.2, 0) is 4.79 Å². The lowest BCUT2D eigenvalue weighted by atomic mass is 9.96. The van der Waals surface area contributed by atoms with E-state index >= 15 is 0 Å². The summed E-state index contributed by atoms with van der Waals surface area (Å²) >= 11 is 5.64. The number of phenolic OH excluding ortho intramolecular Hbond substituents is 1. The zero-order chi connectivity index (χ0) is 22.3. The van der Waals surface area contributed by atoms with Crippen LogP contribution in [0.5, 0.6) is 5.75 Å². The number of phenols is 1. The number of rotatable bonds is 4. The summed E-state index contributed by atoms with van der Waals surface area (Å²) in [6.45, 7) is 2.12. The first-order valence-corrected chi connectivity index (χ1v) is 9.08. The van der Waals surface area contributed by atoms with E-state index in [1.807, 2.05) is 0 Å². The molecule has 0 aliphatic rings. The van der Waals surface area contributed by atoms with Crippen molar-refractivity contribution in [2.75, 3.05) is 6.73 Å². The number of benzene rings is 2. The van der Waals surface area contributed by atoms with E-state index in [9.17, 15) is 27.9 Å². The molecule has 3 N–H and O–H groups in total. The van der Waals surface area contributed by atoms with E-state index in [0.717, 1.165) is 22.8 Å². The van der Waals surface area contributed by atoms with E-state index in [-0.39, 0.29) is 32.7 Å². The predicted molar refractivity (Wildman–Crippen MR) is 103 cm³/mol. The quantitative estimate of drug-likeness (QED) is 0.541. The molecule has 3 aromatic rings. The molecule has 0 unspecified atom stereocenters. The molecule has 10 heteroatoms. The first kappa shape index (κ1) is 21.7. The van der Waals surface area contributed by atoms with Crippen molar-refractivity contribution in [2.45, 2.75) is 19.8 Å². The zero-order valence-corrected chi connectivity index (χ0v) is 16.5. The van der Waals surface area contributed by atoms with E-state index < -0.39 is 47.7 Å². The molecule has 0 aliphatic heterocycles. The van der Waals surface area contributed by atoms with Crippen LogP contribution in [0.2, 0.25) is 5.02 Å². The van der Waals surface area contributed by atoms with Gasteiger partial charge in [-0.3, -0.25) is 14.2 Å². The Morgan fingerprint density at radius 2 is 1.87 bits per heavy atom. The van der Waals surface area contributed by atoms with Crippen molar-refractivity contribution >= 4 is 34.3 Å². The van der Waals surface area contributed by atoms with Crippen LogP contribution in [0.1, 0.15) is 34.5 Å². The number of carbonyl (C=O) groups is 2. The second-order valence-corrected chi connectivity index (χ2v) is 7.01. The molecule has 30 heavy (non-hydrogen) atoms. The van der Waals surface area contributed by atoms with Crippen molar-refractivity contribution in [2.24, 2.45) is 0 Å². The fraction of sp³-hybridized carbons (Fsp3) is 0.200. The Morgan fingerprint density at radius 3 is 2.47 bits per heavy atom. The highest BCUT2D eigenvalue weighted by atomic mass is 35.5. The monoisotopic (exact) mass is 440 g/mol. The normalized spacial score (nSPS) is 12.2. The highest BCUT2D eigenvalue weighted by molar-refractivity contribution is 6.30. The van der Waals surface area contributed by atoms with Gasteiger partial charge in [-0.15, -0.1) is 0 Å². The molecule has 1 atom stereocenters. The number of carbonyl (C=O) groups excluding carboxylic acids is 2. The smallest absolute Gasteiger partial charge is 0.262 e. The van der Waals surface area contributed by atoms with Gasteiger partial charge in [0.25, 0.3) is 5.91 Å². The van der Waals surface area contributed by atoms with Gasteiger partial charge in [0.2, 0.25) is 5.91 Å².